The summed E-state index contributed by atoms with van der Waals surface area (Å²) in [7, 11) is 0. The summed E-state index contributed by atoms with van der Waals surface area (Å²) in [6, 6.07) is 5.84. The van der Waals surface area contributed by atoms with Gasteiger partial charge >= 0.3 is 5.97 Å². The zero-order valence-electron chi connectivity index (χ0n) is 14.4. The van der Waals surface area contributed by atoms with Gasteiger partial charge in [0.1, 0.15) is 12.3 Å². The van der Waals surface area contributed by atoms with Crippen molar-refractivity contribution in [2.45, 2.75) is 39.2 Å². The lowest BCUT2D eigenvalue weighted by atomic mass is 10.1. The quantitative estimate of drug-likeness (QED) is 0.577. The normalized spacial score (nSPS) is 15.2. The van der Waals surface area contributed by atoms with Crippen LogP contribution >= 0.6 is 0 Å². The van der Waals surface area contributed by atoms with Gasteiger partial charge < -0.3 is 14.4 Å². The van der Waals surface area contributed by atoms with Crippen molar-refractivity contribution in [1.29, 1.82) is 0 Å². The monoisotopic (exact) mass is 345 g/mol. The molecule has 7 heteroatoms. The summed E-state index contributed by atoms with van der Waals surface area (Å²) < 4.78 is 10.7. The molecule has 1 saturated heterocycles. The third-order valence-electron chi connectivity index (χ3n) is 4.14. The van der Waals surface area contributed by atoms with Gasteiger partial charge in [-0.1, -0.05) is 0 Å². The van der Waals surface area contributed by atoms with Gasteiger partial charge in [0.25, 0.3) is 0 Å². The predicted molar refractivity (Wildman–Crippen MR) is 92.7 cm³/mol. The van der Waals surface area contributed by atoms with Gasteiger partial charge in [-0.05, 0) is 43.9 Å². The standard InChI is InChI=1S/C18H23N3O4/c1-13(22)24-8-4-2-3-5-9-25-15-6-7-16-14(10-15)11-21-12-17(23)20-18(21)19-16/h6-7,10H,2-5,8-9,11-12H2,1H3,(H,19,20,23). The van der Waals surface area contributed by atoms with Crippen LogP contribution < -0.4 is 10.1 Å². The number of aliphatic imine (C=N–C) groups is 1. The fraction of sp³-hybridized carbons (Fsp3) is 0.500. The van der Waals surface area contributed by atoms with Crippen LogP contribution in [-0.2, 0) is 20.9 Å². The van der Waals surface area contributed by atoms with E-state index in [1.807, 2.05) is 23.1 Å². The van der Waals surface area contributed by atoms with E-state index in [9.17, 15) is 9.59 Å². The van der Waals surface area contributed by atoms with Crippen molar-refractivity contribution < 1.29 is 19.1 Å². The summed E-state index contributed by atoms with van der Waals surface area (Å²) in [6.45, 7) is 3.61. The first-order valence-electron chi connectivity index (χ1n) is 8.64. The zero-order valence-corrected chi connectivity index (χ0v) is 14.4. The van der Waals surface area contributed by atoms with Crippen LogP contribution in [0.5, 0.6) is 5.75 Å². The molecule has 7 nitrogen and oxygen atoms in total. The Morgan fingerprint density at radius 1 is 1.20 bits per heavy atom. The van der Waals surface area contributed by atoms with Gasteiger partial charge in [-0.3, -0.25) is 14.9 Å². The first-order chi connectivity index (χ1) is 12.1. The number of nitrogens with one attached hydrogen (secondary N) is 1. The summed E-state index contributed by atoms with van der Waals surface area (Å²) in [5.74, 6) is 1.23. The first kappa shape index (κ1) is 17.3. The molecule has 0 radical (unpaired) electrons. The number of amides is 1. The highest BCUT2D eigenvalue weighted by Gasteiger charge is 2.29. The number of benzene rings is 1. The molecule has 1 aromatic carbocycles. The molecule has 0 atom stereocenters. The van der Waals surface area contributed by atoms with Crippen molar-refractivity contribution >= 4 is 23.5 Å². The van der Waals surface area contributed by atoms with Gasteiger partial charge in [-0.2, -0.15) is 0 Å². The lowest BCUT2D eigenvalue weighted by Crippen LogP contribution is -2.31. The van der Waals surface area contributed by atoms with Gasteiger partial charge in [0, 0.05) is 19.0 Å². The minimum absolute atomic E-state index is 0.0169. The maximum absolute atomic E-state index is 11.4. The average Bonchev–Trinajstić information content (AvgIpc) is 2.93. The van der Waals surface area contributed by atoms with E-state index < -0.39 is 0 Å². The first-order valence-corrected chi connectivity index (χ1v) is 8.64. The second kappa shape index (κ2) is 8.00. The Kier molecular flexibility index (Phi) is 5.53. The van der Waals surface area contributed by atoms with E-state index in [2.05, 4.69) is 10.3 Å². The molecule has 0 bridgehead atoms. The topological polar surface area (TPSA) is 80.2 Å². The van der Waals surface area contributed by atoms with Gasteiger partial charge in [0.05, 0.1) is 18.9 Å². The Hall–Kier alpha value is -2.57. The van der Waals surface area contributed by atoms with Crippen LogP contribution in [0.4, 0.5) is 5.69 Å². The molecule has 2 heterocycles. The fourth-order valence-electron chi connectivity index (χ4n) is 2.89. The van der Waals surface area contributed by atoms with Crippen molar-refractivity contribution in [3.05, 3.63) is 23.8 Å². The maximum Gasteiger partial charge on any atom is 0.302 e. The number of hydrogen-bond donors (Lipinski definition) is 1. The molecule has 134 valence electrons. The number of guanidine groups is 1. The largest absolute Gasteiger partial charge is 0.494 e. The molecule has 2 aliphatic heterocycles. The Labute approximate surface area is 147 Å². The number of esters is 1. The molecule has 1 fully saturated rings. The smallest absolute Gasteiger partial charge is 0.302 e. The third kappa shape index (κ3) is 4.71. The van der Waals surface area contributed by atoms with Crippen LogP contribution in [-0.4, -0.2) is 42.5 Å². The Bertz CT molecular complexity index is 687. The highest BCUT2D eigenvalue weighted by atomic mass is 16.5. The second-order valence-corrected chi connectivity index (χ2v) is 6.23. The Morgan fingerprint density at radius 2 is 2.00 bits per heavy atom. The average molecular weight is 345 g/mol. The molecule has 0 aliphatic carbocycles. The van der Waals surface area contributed by atoms with Crippen molar-refractivity contribution in [2.75, 3.05) is 19.8 Å². The lowest BCUT2D eigenvalue weighted by Gasteiger charge is -2.23. The molecule has 25 heavy (non-hydrogen) atoms. The van der Waals surface area contributed by atoms with Crippen LogP contribution in [0.15, 0.2) is 23.2 Å². The number of nitrogens with zero attached hydrogens (tertiary/aromatic N) is 2. The van der Waals surface area contributed by atoms with Gasteiger partial charge in [-0.15, -0.1) is 0 Å². The second-order valence-electron chi connectivity index (χ2n) is 6.23. The number of fused-ring (bicyclic) bond motifs is 2. The molecule has 2 aliphatic rings. The lowest BCUT2D eigenvalue weighted by molar-refractivity contribution is -0.141. The van der Waals surface area contributed by atoms with E-state index in [0.717, 1.165) is 42.7 Å². The molecular formula is C18H23N3O4. The highest BCUT2D eigenvalue weighted by Crippen LogP contribution is 2.30. The molecule has 0 spiro atoms. The summed E-state index contributed by atoms with van der Waals surface area (Å²) in [6.07, 6.45) is 3.92. The van der Waals surface area contributed by atoms with E-state index in [4.69, 9.17) is 9.47 Å². The summed E-state index contributed by atoms with van der Waals surface area (Å²) in [5, 5.41) is 2.76. The molecular weight excluding hydrogens is 322 g/mol. The number of unbranched alkanes of at least 4 members (excludes halogenated alkanes) is 3. The van der Waals surface area contributed by atoms with E-state index in [0.29, 0.717) is 32.3 Å². The van der Waals surface area contributed by atoms with Gasteiger partial charge in [-0.25, -0.2) is 4.99 Å². The summed E-state index contributed by atoms with van der Waals surface area (Å²) >= 11 is 0. The third-order valence-corrected chi connectivity index (χ3v) is 4.14. The van der Waals surface area contributed by atoms with Crippen molar-refractivity contribution in [3.8, 4) is 5.75 Å². The molecule has 1 N–H and O–H groups in total. The van der Waals surface area contributed by atoms with Gasteiger partial charge in [0.2, 0.25) is 11.9 Å². The fourth-order valence-corrected chi connectivity index (χ4v) is 2.89. The summed E-state index contributed by atoms with van der Waals surface area (Å²) in [5.41, 5.74) is 1.95. The molecule has 1 aromatic rings. The molecule has 0 unspecified atom stereocenters. The number of rotatable bonds is 8. The molecule has 0 saturated carbocycles. The number of carbonyl (C=O) groups excluding carboxylic acids is 2. The van der Waals surface area contributed by atoms with Gasteiger partial charge in [0.15, 0.2) is 0 Å². The SMILES string of the molecule is CC(=O)OCCCCCCOc1ccc2c(c1)CN1CC(=O)NC1=N2. The van der Waals surface area contributed by atoms with Crippen LogP contribution in [0.1, 0.15) is 38.2 Å². The van der Waals surface area contributed by atoms with E-state index in [-0.39, 0.29) is 11.9 Å². The van der Waals surface area contributed by atoms with Crippen LogP contribution in [0.2, 0.25) is 0 Å². The number of hydrogen-bond acceptors (Lipinski definition) is 6. The minimum Gasteiger partial charge on any atom is -0.494 e. The molecule has 3 rings (SSSR count). The number of carbonyl (C=O) groups is 2. The molecule has 1 amide bonds. The van der Waals surface area contributed by atoms with Crippen molar-refractivity contribution in [1.82, 2.24) is 10.2 Å². The Morgan fingerprint density at radius 3 is 2.80 bits per heavy atom. The minimum atomic E-state index is -0.221. The van der Waals surface area contributed by atoms with E-state index >= 15 is 0 Å². The van der Waals surface area contributed by atoms with Crippen LogP contribution in [0.3, 0.4) is 0 Å². The van der Waals surface area contributed by atoms with Crippen molar-refractivity contribution in [2.24, 2.45) is 4.99 Å². The van der Waals surface area contributed by atoms with Crippen molar-refractivity contribution in [3.63, 3.8) is 0 Å². The maximum atomic E-state index is 11.4. The number of ether oxygens (including phenoxy) is 2. The van der Waals surface area contributed by atoms with Crippen LogP contribution in [0, 0.1) is 0 Å². The molecule has 0 aromatic heterocycles. The van der Waals surface area contributed by atoms with E-state index in [1.165, 1.54) is 6.92 Å². The van der Waals surface area contributed by atoms with Crippen LogP contribution in [0.25, 0.3) is 0 Å². The summed E-state index contributed by atoms with van der Waals surface area (Å²) in [4.78, 5) is 28.5. The highest BCUT2D eigenvalue weighted by molar-refractivity contribution is 6.05. The van der Waals surface area contributed by atoms with E-state index in [1.54, 1.807) is 0 Å². The Balaban J connectivity index is 1.40. The zero-order chi connectivity index (χ0) is 17.6. The predicted octanol–water partition coefficient (Wildman–Crippen LogP) is 2.12.